The van der Waals surface area contributed by atoms with E-state index in [9.17, 15) is 5.11 Å². The summed E-state index contributed by atoms with van der Waals surface area (Å²) in [6.07, 6.45) is 18.1. The predicted molar refractivity (Wildman–Crippen MR) is 112 cm³/mol. The first-order valence-corrected chi connectivity index (χ1v) is 11.0. The second-order valence-electron chi connectivity index (χ2n) is 7.67. The first kappa shape index (κ1) is 22.1. The summed E-state index contributed by atoms with van der Waals surface area (Å²) in [4.78, 5) is 0. The van der Waals surface area contributed by atoms with Crippen LogP contribution in [-0.4, -0.2) is 5.11 Å². The second kappa shape index (κ2) is 14.2. The van der Waals surface area contributed by atoms with Crippen LogP contribution in [0.15, 0.2) is 18.2 Å². The first-order valence-electron chi connectivity index (χ1n) is 11.0. The van der Waals surface area contributed by atoms with Gasteiger partial charge in [0.1, 0.15) is 5.75 Å². The molecule has 0 bridgehead atoms. The van der Waals surface area contributed by atoms with Crippen molar-refractivity contribution in [3.05, 3.63) is 29.3 Å². The van der Waals surface area contributed by atoms with Crippen LogP contribution in [0.3, 0.4) is 0 Å². The van der Waals surface area contributed by atoms with Gasteiger partial charge in [0, 0.05) is 0 Å². The quantitative estimate of drug-likeness (QED) is 0.318. The minimum Gasteiger partial charge on any atom is -0.508 e. The van der Waals surface area contributed by atoms with E-state index in [2.05, 4.69) is 26.8 Å². The van der Waals surface area contributed by atoms with E-state index in [-0.39, 0.29) is 0 Å². The average Bonchev–Trinajstić information content (AvgIpc) is 2.62. The minimum atomic E-state index is 0.524. The van der Waals surface area contributed by atoms with E-state index in [1.54, 1.807) is 0 Å². The van der Waals surface area contributed by atoms with Crippen LogP contribution in [0.25, 0.3) is 0 Å². The molecule has 1 rings (SSSR count). The van der Waals surface area contributed by atoms with Crippen molar-refractivity contribution in [3.8, 4) is 5.75 Å². The third-order valence-corrected chi connectivity index (χ3v) is 5.56. The van der Waals surface area contributed by atoms with E-state index in [1.807, 2.05) is 12.1 Å². The lowest BCUT2D eigenvalue weighted by Gasteiger charge is -2.20. The minimum absolute atomic E-state index is 0.524. The third kappa shape index (κ3) is 8.79. The van der Waals surface area contributed by atoms with Crippen molar-refractivity contribution in [2.45, 2.75) is 117 Å². The Labute approximate surface area is 157 Å². The van der Waals surface area contributed by atoms with E-state index in [0.717, 1.165) is 6.42 Å². The average molecular weight is 347 g/mol. The molecule has 1 aromatic rings. The van der Waals surface area contributed by atoms with Gasteiger partial charge in [0.25, 0.3) is 0 Å². The van der Waals surface area contributed by atoms with Gasteiger partial charge in [0.2, 0.25) is 0 Å². The lowest BCUT2D eigenvalue weighted by molar-refractivity contribution is 0.460. The predicted octanol–water partition coefficient (Wildman–Crippen LogP) is 8.15. The molecule has 25 heavy (non-hydrogen) atoms. The van der Waals surface area contributed by atoms with E-state index in [4.69, 9.17) is 0 Å². The summed E-state index contributed by atoms with van der Waals surface area (Å²) in [6, 6.07) is 6.18. The Bertz CT molecular complexity index is 438. The highest BCUT2D eigenvalue weighted by atomic mass is 16.3. The van der Waals surface area contributed by atoms with Gasteiger partial charge in [-0.05, 0) is 48.8 Å². The van der Waals surface area contributed by atoms with E-state index >= 15 is 0 Å². The number of phenols is 1. The third-order valence-electron chi connectivity index (χ3n) is 5.56. The molecular weight excluding hydrogens is 304 g/mol. The molecule has 0 amide bonds. The fourth-order valence-electron chi connectivity index (χ4n) is 3.90. The number of unbranched alkanes of at least 4 members (excludes halogenated alkanes) is 9. The van der Waals surface area contributed by atoms with Crippen LogP contribution in [0.4, 0.5) is 0 Å². The van der Waals surface area contributed by atoms with Crippen molar-refractivity contribution < 1.29 is 5.11 Å². The van der Waals surface area contributed by atoms with Crippen LogP contribution < -0.4 is 0 Å². The Balaban J connectivity index is 2.54. The molecule has 0 fully saturated rings. The zero-order chi connectivity index (χ0) is 18.3. The van der Waals surface area contributed by atoms with Crippen LogP contribution in [0.1, 0.15) is 121 Å². The lowest BCUT2D eigenvalue weighted by Crippen LogP contribution is -2.03. The Morgan fingerprint density at radius 1 is 0.760 bits per heavy atom. The standard InChI is InChI=1S/C24H42O/c1-4-7-9-11-12-13-15-18-23-22(19-16-20-24(23)25)21(6-3)17-14-10-8-5-2/h16,19-21,25H,4-15,17-18H2,1-3H3. The molecule has 0 heterocycles. The highest BCUT2D eigenvalue weighted by molar-refractivity contribution is 5.41. The summed E-state index contributed by atoms with van der Waals surface area (Å²) in [7, 11) is 0. The van der Waals surface area contributed by atoms with Crippen molar-refractivity contribution >= 4 is 0 Å². The van der Waals surface area contributed by atoms with Gasteiger partial charge in [-0.15, -0.1) is 0 Å². The number of phenolic OH excluding ortho intramolecular Hbond substituents is 1. The van der Waals surface area contributed by atoms with Gasteiger partial charge in [-0.3, -0.25) is 0 Å². The molecule has 0 aliphatic carbocycles. The molecule has 1 heteroatoms. The van der Waals surface area contributed by atoms with Gasteiger partial charge in [-0.1, -0.05) is 97.1 Å². The number of aromatic hydroxyl groups is 1. The Hall–Kier alpha value is -0.980. The maximum atomic E-state index is 10.4. The van der Waals surface area contributed by atoms with Gasteiger partial charge in [-0.25, -0.2) is 0 Å². The highest BCUT2D eigenvalue weighted by Crippen LogP contribution is 2.34. The van der Waals surface area contributed by atoms with Gasteiger partial charge in [-0.2, -0.15) is 0 Å². The molecule has 1 nitrogen and oxygen atoms in total. The smallest absolute Gasteiger partial charge is 0.119 e. The fraction of sp³-hybridized carbons (Fsp3) is 0.750. The summed E-state index contributed by atoms with van der Waals surface area (Å²) in [5.41, 5.74) is 2.66. The van der Waals surface area contributed by atoms with Crippen LogP contribution >= 0.6 is 0 Å². The highest BCUT2D eigenvalue weighted by Gasteiger charge is 2.16. The number of rotatable bonds is 15. The Morgan fingerprint density at radius 3 is 2.00 bits per heavy atom. The second-order valence-corrected chi connectivity index (χ2v) is 7.67. The summed E-state index contributed by atoms with van der Waals surface area (Å²) in [6.45, 7) is 6.84. The van der Waals surface area contributed by atoms with Crippen LogP contribution in [0, 0.1) is 0 Å². The normalized spacial score (nSPS) is 12.4. The largest absolute Gasteiger partial charge is 0.508 e. The van der Waals surface area contributed by atoms with Gasteiger partial charge < -0.3 is 5.11 Å². The van der Waals surface area contributed by atoms with E-state index < -0.39 is 0 Å². The summed E-state index contributed by atoms with van der Waals surface area (Å²) >= 11 is 0. The van der Waals surface area contributed by atoms with Crippen LogP contribution in [0.5, 0.6) is 5.75 Å². The van der Waals surface area contributed by atoms with Crippen LogP contribution in [-0.2, 0) is 6.42 Å². The topological polar surface area (TPSA) is 20.2 Å². The zero-order valence-electron chi connectivity index (χ0n) is 17.2. The van der Waals surface area contributed by atoms with Crippen molar-refractivity contribution in [2.24, 2.45) is 0 Å². The summed E-state index contributed by atoms with van der Waals surface area (Å²) < 4.78 is 0. The first-order chi connectivity index (χ1) is 12.2. The maximum absolute atomic E-state index is 10.4. The number of benzene rings is 1. The fourth-order valence-corrected chi connectivity index (χ4v) is 3.90. The van der Waals surface area contributed by atoms with Gasteiger partial charge in [0.05, 0.1) is 0 Å². The SMILES string of the molecule is CCCCCCCCCc1c(O)cccc1C(CC)CCCCCC. The summed E-state index contributed by atoms with van der Waals surface area (Å²) in [5.74, 6) is 1.14. The molecule has 1 atom stereocenters. The molecule has 1 N–H and O–H groups in total. The van der Waals surface area contributed by atoms with E-state index in [1.165, 1.54) is 94.6 Å². The molecular formula is C24H42O. The molecule has 144 valence electrons. The molecule has 0 spiro atoms. The summed E-state index contributed by atoms with van der Waals surface area (Å²) in [5, 5.41) is 10.4. The molecule has 0 saturated carbocycles. The number of hydrogen-bond acceptors (Lipinski definition) is 1. The molecule has 1 unspecified atom stereocenters. The monoisotopic (exact) mass is 346 g/mol. The van der Waals surface area contributed by atoms with Crippen molar-refractivity contribution in [3.63, 3.8) is 0 Å². The van der Waals surface area contributed by atoms with Gasteiger partial charge in [0.15, 0.2) is 0 Å². The van der Waals surface area contributed by atoms with E-state index in [0.29, 0.717) is 11.7 Å². The molecule has 0 radical (unpaired) electrons. The van der Waals surface area contributed by atoms with Crippen molar-refractivity contribution in [2.75, 3.05) is 0 Å². The van der Waals surface area contributed by atoms with Crippen LogP contribution in [0.2, 0.25) is 0 Å². The Morgan fingerprint density at radius 2 is 1.36 bits per heavy atom. The van der Waals surface area contributed by atoms with Gasteiger partial charge >= 0.3 is 0 Å². The molecule has 0 saturated heterocycles. The zero-order valence-corrected chi connectivity index (χ0v) is 17.2. The number of hydrogen-bond donors (Lipinski definition) is 1. The molecule has 0 aliphatic rings. The Kier molecular flexibility index (Phi) is 12.5. The van der Waals surface area contributed by atoms with Crippen molar-refractivity contribution in [1.29, 1.82) is 0 Å². The molecule has 1 aromatic carbocycles. The maximum Gasteiger partial charge on any atom is 0.119 e. The molecule has 0 aromatic heterocycles. The lowest BCUT2D eigenvalue weighted by atomic mass is 9.85. The molecule has 0 aliphatic heterocycles. The van der Waals surface area contributed by atoms with Crippen molar-refractivity contribution in [1.82, 2.24) is 0 Å².